The lowest BCUT2D eigenvalue weighted by Crippen LogP contribution is -2.48. The number of anilines is 1. The minimum atomic E-state index is -4.69. The third kappa shape index (κ3) is 4.78. The summed E-state index contributed by atoms with van der Waals surface area (Å²) in [5, 5.41) is 11.1. The monoisotopic (exact) mass is 617 g/mol. The van der Waals surface area contributed by atoms with Crippen LogP contribution in [-0.2, 0) is 21.2 Å². The summed E-state index contributed by atoms with van der Waals surface area (Å²) in [4.78, 5) is 32.4. The molecule has 0 bridgehead atoms. The van der Waals surface area contributed by atoms with Gasteiger partial charge in [0.15, 0.2) is 17.3 Å². The number of aromatic nitrogens is 1. The number of carbonyl (C=O) groups is 2. The van der Waals surface area contributed by atoms with Crippen molar-refractivity contribution in [1.29, 1.82) is 0 Å². The van der Waals surface area contributed by atoms with Crippen LogP contribution in [0.15, 0.2) is 79.0 Å². The maximum absolute atomic E-state index is 14.6. The number of fused-ring (bicyclic) bond motifs is 1. The molecule has 3 aromatic rings. The van der Waals surface area contributed by atoms with Crippen LogP contribution in [0.3, 0.4) is 0 Å². The number of phenols is 1. The highest BCUT2D eigenvalue weighted by molar-refractivity contribution is 6.33. The van der Waals surface area contributed by atoms with Crippen molar-refractivity contribution in [2.24, 2.45) is 5.92 Å². The third-order valence-corrected chi connectivity index (χ3v) is 8.10. The smallest absolute Gasteiger partial charge is 0.417 e. The molecule has 3 unspecified atom stereocenters. The minimum Gasteiger partial charge on any atom is -0.504 e. The maximum Gasteiger partial charge on any atom is 0.417 e. The van der Waals surface area contributed by atoms with Crippen molar-refractivity contribution in [2.75, 3.05) is 12.0 Å². The van der Waals surface area contributed by atoms with Gasteiger partial charge in [0.1, 0.15) is 0 Å². The number of allylic oxidation sites excluding steroid dienone is 3. The van der Waals surface area contributed by atoms with Gasteiger partial charge >= 0.3 is 6.18 Å². The molecule has 0 saturated carbocycles. The summed E-state index contributed by atoms with van der Waals surface area (Å²) >= 11 is 12.3. The number of ether oxygens (including phenoxy) is 1. The second kappa shape index (κ2) is 11.0. The Balaban J connectivity index is 1.69. The number of carbonyl (C=O) groups excluding carboxylic acids is 2. The Morgan fingerprint density at radius 3 is 2.52 bits per heavy atom. The largest absolute Gasteiger partial charge is 0.504 e. The molecule has 1 saturated heterocycles. The number of pyridine rings is 1. The van der Waals surface area contributed by atoms with Gasteiger partial charge in [-0.05, 0) is 60.4 Å². The van der Waals surface area contributed by atoms with Crippen LogP contribution in [0.25, 0.3) is 0 Å². The minimum absolute atomic E-state index is 0.0993. The van der Waals surface area contributed by atoms with Gasteiger partial charge < -0.3 is 9.84 Å². The van der Waals surface area contributed by atoms with Crippen LogP contribution in [0, 0.1) is 5.92 Å². The number of hydrazine groups is 1. The Labute approximate surface area is 249 Å². The number of imide groups is 1. The van der Waals surface area contributed by atoms with Crippen molar-refractivity contribution in [2.45, 2.75) is 30.9 Å². The van der Waals surface area contributed by atoms with E-state index in [2.05, 4.69) is 17.0 Å². The number of alkyl halides is 3. The fourth-order valence-corrected chi connectivity index (χ4v) is 6.11. The summed E-state index contributed by atoms with van der Waals surface area (Å²) < 4.78 is 45.2. The molecule has 2 heterocycles. The van der Waals surface area contributed by atoms with E-state index in [1.807, 2.05) is 6.08 Å². The number of nitrogens with one attached hydrogen (secondary N) is 1. The summed E-state index contributed by atoms with van der Waals surface area (Å²) in [6, 6.07) is 11.9. The first-order valence-electron chi connectivity index (χ1n) is 12.9. The molecule has 7 nitrogen and oxygen atoms in total. The lowest BCUT2D eigenvalue weighted by molar-refractivity contribution is -0.139. The molecule has 1 aliphatic heterocycles. The van der Waals surface area contributed by atoms with Crippen LogP contribution in [0.2, 0.25) is 10.0 Å². The number of aromatic hydroxyl groups is 1. The van der Waals surface area contributed by atoms with Crippen molar-refractivity contribution in [3.8, 4) is 11.5 Å². The number of hydrogen-bond acceptors (Lipinski definition) is 6. The van der Waals surface area contributed by atoms with E-state index in [9.17, 15) is 27.9 Å². The average Bonchev–Trinajstić information content (AvgIpc) is 3.16. The van der Waals surface area contributed by atoms with Gasteiger partial charge in [-0.2, -0.15) is 18.2 Å². The number of halogens is 5. The molecule has 1 aromatic heterocycles. The average molecular weight is 618 g/mol. The maximum atomic E-state index is 14.6. The van der Waals surface area contributed by atoms with Crippen molar-refractivity contribution in [3.05, 3.63) is 106 Å². The fraction of sp³-hybridized carbons (Fsp3) is 0.233. The van der Waals surface area contributed by atoms with Gasteiger partial charge in [-0.25, -0.2) is 4.98 Å². The highest BCUT2D eigenvalue weighted by atomic mass is 35.5. The van der Waals surface area contributed by atoms with Crippen molar-refractivity contribution in [3.63, 3.8) is 0 Å². The Bertz CT molecular complexity index is 1610. The number of amides is 2. The second-order valence-electron chi connectivity index (χ2n) is 9.81. The number of nitrogens with zero attached hydrogens (tertiary/aromatic N) is 2. The standard InChI is InChI=1S/C30H24Cl2F3N3O4/c1-3-16-5-11-21-27(40)38(37-26-22(32)14-19(15-36-26)30(33,34)35)28(41)29(21,18-7-9-20(31)10-8-18)25(16)17-6-12-23(39)24(13-17)42-4-2/h3,5-10,12-15,21,25,39H,1,4,11H2,2H3,(H,36,37). The van der Waals surface area contributed by atoms with Crippen LogP contribution in [0.4, 0.5) is 19.0 Å². The molecule has 1 fully saturated rings. The molecule has 2 N–H and O–H groups in total. The first-order valence-corrected chi connectivity index (χ1v) is 13.6. The van der Waals surface area contributed by atoms with E-state index in [1.54, 1.807) is 49.4 Å². The second-order valence-corrected chi connectivity index (χ2v) is 10.7. The zero-order chi connectivity index (χ0) is 30.4. The summed E-state index contributed by atoms with van der Waals surface area (Å²) in [5.41, 5.74) is 1.65. The lowest BCUT2D eigenvalue weighted by atomic mass is 9.56. The van der Waals surface area contributed by atoms with Crippen molar-refractivity contribution < 1.29 is 32.6 Å². The lowest BCUT2D eigenvalue weighted by Gasteiger charge is -2.43. The van der Waals surface area contributed by atoms with E-state index in [0.29, 0.717) is 34.0 Å². The molecule has 218 valence electrons. The Hall–Kier alpha value is -4.02. The molecule has 0 spiro atoms. The molecule has 12 heteroatoms. The van der Waals surface area contributed by atoms with Gasteiger partial charge in [0.25, 0.3) is 11.8 Å². The fourth-order valence-electron chi connectivity index (χ4n) is 5.77. The number of rotatable bonds is 7. The third-order valence-electron chi connectivity index (χ3n) is 7.56. The van der Waals surface area contributed by atoms with Crippen LogP contribution >= 0.6 is 23.2 Å². The van der Waals surface area contributed by atoms with E-state index in [0.717, 1.165) is 5.01 Å². The molecule has 2 amide bonds. The van der Waals surface area contributed by atoms with Crippen LogP contribution < -0.4 is 10.2 Å². The van der Waals surface area contributed by atoms with Crippen LogP contribution in [0.1, 0.15) is 36.0 Å². The SMILES string of the molecule is C=CC1=CCC2C(=O)N(Nc3ncc(C(F)(F)F)cc3Cl)C(=O)C2(c2ccc(Cl)cc2)C1c1ccc(O)c(OCC)c1. The summed E-state index contributed by atoms with van der Waals surface area (Å²) in [7, 11) is 0. The van der Waals surface area contributed by atoms with Crippen LogP contribution in [0.5, 0.6) is 11.5 Å². The topological polar surface area (TPSA) is 91.8 Å². The Morgan fingerprint density at radius 1 is 1.19 bits per heavy atom. The summed E-state index contributed by atoms with van der Waals surface area (Å²) in [6.45, 7) is 5.98. The van der Waals surface area contributed by atoms with Gasteiger partial charge in [-0.3, -0.25) is 15.0 Å². The quantitative estimate of drug-likeness (QED) is 0.276. The molecule has 0 radical (unpaired) electrons. The molecule has 2 aliphatic rings. The number of phenolic OH excluding ortho intramolecular Hbond substituents is 1. The molecule has 1 aliphatic carbocycles. The Morgan fingerprint density at radius 2 is 1.90 bits per heavy atom. The number of hydrogen-bond donors (Lipinski definition) is 2. The van der Waals surface area contributed by atoms with Gasteiger partial charge in [-0.1, -0.05) is 60.1 Å². The normalized spacial score (nSPS) is 22.0. The Kier molecular flexibility index (Phi) is 7.72. The van der Waals surface area contributed by atoms with E-state index < -0.39 is 45.8 Å². The first-order chi connectivity index (χ1) is 19.9. The van der Waals surface area contributed by atoms with Gasteiger partial charge in [0.05, 0.1) is 28.5 Å². The van der Waals surface area contributed by atoms with Crippen molar-refractivity contribution in [1.82, 2.24) is 9.99 Å². The van der Waals surface area contributed by atoms with E-state index >= 15 is 0 Å². The van der Waals surface area contributed by atoms with Gasteiger partial charge in [0.2, 0.25) is 0 Å². The zero-order valence-electron chi connectivity index (χ0n) is 22.1. The van der Waals surface area contributed by atoms with Gasteiger partial charge in [0, 0.05) is 17.1 Å². The molecule has 42 heavy (non-hydrogen) atoms. The van der Waals surface area contributed by atoms with E-state index in [1.165, 1.54) is 6.07 Å². The molecular formula is C30H24Cl2F3N3O4. The molecule has 5 rings (SSSR count). The molecular weight excluding hydrogens is 594 g/mol. The molecule has 3 atom stereocenters. The van der Waals surface area contributed by atoms with E-state index in [4.69, 9.17) is 27.9 Å². The summed E-state index contributed by atoms with van der Waals surface area (Å²) in [5.74, 6) is -3.23. The predicted molar refractivity (Wildman–Crippen MR) is 151 cm³/mol. The number of benzene rings is 2. The highest BCUT2D eigenvalue weighted by Crippen LogP contribution is 2.58. The highest BCUT2D eigenvalue weighted by Gasteiger charge is 2.66. The molecule has 2 aromatic carbocycles. The zero-order valence-corrected chi connectivity index (χ0v) is 23.6. The first kappa shape index (κ1) is 29.5. The van der Waals surface area contributed by atoms with Crippen molar-refractivity contribution >= 4 is 40.8 Å². The van der Waals surface area contributed by atoms with Gasteiger partial charge in [-0.15, -0.1) is 0 Å². The van der Waals surface area contributed by atoms with Crippen LogP contribution in [-0.4, -0.2) is 33.5 Å². The predicted octanol–water partition coefficient (Wildman–Crippen LogP) is 7.06. The van der Waals surface area contributed by atoms with E-state index in [-0.39, 0.29) is 30.3 Å². The summed E-state index contributed by atoms with van der Waals surface area (Å²) in [6.07, 6.45) is -0.539.